The van der Waals surface area contributed by atoms with Crippen LogP contribution in [0.5, 0.6) is 5.88 Å². The molecule has 3 N–H and O–H groups in total. The molecule has 0 aliphatic carbocycles. The van der Waals surface area contributed by atoms with Crippen LogP contribution in [0.15, 0.2) is 12.1 Å². The van der Waals surface area contributed by atoms with Crippen LogP contribution in [0.1, 0.15) is 0 Å². The molecule has 1 aromatic rings. The first-order chi connectivity index (χ1) is 7.19. The summed E-state index contributed by atoms with van der Waals surface area (Å²) in [6, 6.07) is 2.59. The first-order valence-corrected chi connectivity index (χ1v) is 3.87. The van der Waals surface area contributed by atoms with Crippen molar-refractivity contribution in [2.24, 2.45) is 5.84 Å². The molecule has 0 saturated carbocycles. The number of nitrogens with zero attached hydrogens (tertiary/aromatic N) is 2. The number of nitrogen functional groups attached to an aromatic ring is 1. The van der Waals surface area contributed by atoms with Crippen LogP contribution in [0.2, 0.25) is 0 Å². The highest BCUT2D eigenvalue weighted by Gasteiger charge is 2.16. The van der Waals surface area contributed by atoms with Gasteiger partial charge in [-0.05, 0) is 6.07 Å². The van der Waals surface area contributed by atoms with Crippen LogP contribution in [0.25, 0.3) is 0 Å². The Hall–Kier alpha value is -2.33. The maximum absolute atomic E-state index is 10.6. The summed E-state index contributed by atoms with van der Waals surface area (Å²) in [6.07, 6.45) is 4.96. The Kier molecular flexibility index (Phi) is 3.43. The van der Waals surface area contributed by atoms with E-state index in [0.717, 1.165) is 0 Å². The van der Waals surface area contributed by atoms with E-state index in [1.165, 1.54) is 12.1 Å². The van der Waals surface area contributed by atoms with Crippen LogP contribution < -0.4 is 16.0 Å². The lowest BCUT2D eigenvalue weighted by molar-refractivity contribution is -0.386. The van der Waals surface area contributed by atoms with Gasteiger partial charge in [0.05, 0.1) is 4.92 Å². The molecule has 0 atom stereocenters. The van der Waals surface area contributed by atoms with E-state index in [2.05, 4.69) is 16.3 Å². The first kappa shape index (κ1) is 10.7. The number of nitrogens with one attached hydrogen (secondary N) is 1. The number of hydrazine groups is 1. The topological polar surface area (TPSA) is 103 Å². The Morgan fingerprint density at radius 2 is 2.47 bits per heavy atom. The molecule has 7 heteroatoms. The molecule has 1 heterocycles. The zero-order chi connectivity index (χ0) is 11.3. The molecule has 0 aliphatic heterocycles. The van der Waals surface area contributed by atoms with Crippen LogP contribution in [0.3, 0.4) is 0 Å². The molecule has 0 radical (unpaired) electrons. The van der Waals surface area contributed by atoms with Gasteiger partial charge in [0.2, 0.25) is 0 Å². The number of hydrogen-bond acceptors (Lipinski definition) is 6. The summed E-state index contributed by atoms with van der Waals surface area (Å²) in [7, 11) is 0. The van der Waals surface area contributed by atoms with Crippen molar-refractivity contribution in [3.8, 4) is 18.2 Å². The minimum atomic E-state index is -0.612. The molecule has 0 unspecified atom stereocenters. The molecule has 0 amide bonds. The fourth-order valence-electron chi connectivity index (χ4n) is 0.869. The second-order valence-electron chi connectivity index (χ2n) is 2.42. The van der Waals surface area contributed by atoms with Crippen molar-refractivity contribution in [3.05, 3.63) is 22.2 Å². The molecular weight excluding hydrogens is 200 g/mol. The molecule has 7 nitrogen and oxygen atoms in total. The van der Waals surface area contributed by atoms with Crippen molar-refractivity contribution in [1.29, 1.82) is 0 Å². The quantitative estimate of drug-likeness (QED) is 0.319. The van der Waals surface area contributed by atoms with E-state index in [4.69, 9.17) is 17.0 Å². The standard InChI is InChI=1S/C8H8N4O3/c1-2-5-15-8-6(12(13)14)3-4-7(10-8)11-9/h1,3-4H,5,9H2,(H,10,11). The molecule has 0 bridgehead atoms. The minimum absolute atomic E-state index is 0.0954. The second kappa shape index (κ2) is 4.78. The summed E-state index contributed by atoms with van der Waals surface area (Å²) in [5.41, 5.74) is 1.98. The van der Waals surface area contributed by atoms with Gasteiger partial charge in [-0.15, -0.1) is 6.42 Å². The number of aromatic nitrogens is 1. The normalized spacial score (nSPS) is 9.07. The molecule has 78 valence electrons. The number of anilines is 1. The maximum Gasteiger partial charge on any atom is 0.331 e. The highest BCUT2D eigenvalue weighted by molar-refractivity contribution is 5.48. The maximum atomic E-state index is 10.6. The Labute approximate surface area is 85.4 Å². The van der Waals surface area contributed by atoms with Crippen molar-refractivity contribution in [1.82, 2.24) is 4.98 Å². The van der Waals surface area contributed by atoms with Gasteiger partial charge in [0.25, 0.3) is 5.88 Å². The third-order valence-corrected chi connectivity index (χ3v) is 1.48. The number of terminal acetylenes is 1. The third-order valence-electron chi connectivity index (χ3n) is 1.48. The highest BCUT2D eigenvalue weighted by atomic mass is 16.6. The lowest BCUT2D eigenvalue weighted by Gasteiger charge is -2.04. The van der Waals surface area contributed by atoms with Crippen LogP contribution in [0, 0.1) is 22.5 Å². The van der Waals surface area contributed by atoms with Crippen LogP contribution >= 0.6 is 0 Å². The lowest BCUT2D eigenvalue weighted by Crippen LogP contribution is -2.10. The summed E-state index contributed by atoms with van der Waals surface area (Å²) in [4.78, 5) is 13.7. The number of rotatable bonds is 4. The predicted molar refractivity (Wildman–Crippen MR) is 53.0 cm³/mol. The number of hydrogen-bond donors (Lipinski definition) is 2. The van der Waals surface area contributed by atoms with E-state index in [0.29, 0.717) is 0 Å². The van der Waals surface area contributed by atoms with Gasteiger partial charge in [0, 0.05) is 6.07 Å². The van der Waals surface area contributed by atoms with Crippen molar-refractivity contribution in [2.75, 3.05) is 12.0 Å². The van der Waals surface area contributed by atoms with Gasteiger partial charge < -0.3 is 10.2 Å². The van der Waals surface area contributed by atoms with Gasteiger partial charge in [-0.2, -0.15) is 4.98 Å². The van der Waals surface area contributed by atoms with Gasteiger partial charge in [0.1, 0.15) is 5.82 Å². The van der Waals surface area contributed by atoms with Crippen molar-refractivity contribution in [3.63, 3.8) is 0 Å². The smallest absolute Gasteiger partial charge is 0.331 e. The second-order valence-corrected chi connectivity index (χ2v) is 2.42. The minimum Gasteiger partial charge on any atom is -0.460 e. The molecule has 0 spiro atoms. The zero-order valence-corrected chi connectivity index (χ0v) is 7.64. The molecular formula is C8H8N4O3. The fourth-order valence-corrected chi connectivity index (χ4v) is 0.869. The first-order valence-electron chi connectivity index (χ1n) is 3.87. The van der Waals surface area contributed by atoms with E-state index in [-0.39, 0.29) is 24.0 Å². The van der Waals surface area contributed by atoms with Gasteiger partial charge in [-0.3, -0.25) is 10.1 Å². The molecule has 15 heavy (non-hydrogen) atoms. The average molecular weight is 208 g/mol. The van der Waals surface area contributed by atoms with Crippen LogP contribution in [-0.2, 0) is 0 Å². The molecule has 0 aromatic carbocycles. The number of ether oxygens (including phenoxy) is 1. The number of nitrogens with two attached hydrogens (primary N) is 1. The summed E-state index contributed by atoms with van der Waals surface area (Å²) in [5, 5.41) is 10.6. The van der Waals surface area contributed by atoms with E-state index >= 15 is 0 Å². The van der Waals surface area contributed by atoms with Gasteiger partial charge in [0.15, 0.2) is 6.61 Å². The Morgan fingerprint density at radius 1 is 1.73 bits per heavy atom. The monoisotopic (exact) mass is 208 g/mol. The van der Waals surface area contributed by atoms with E-state index < -0.39 is 4.92 Å². The highest BCUT2D eigenvalue weighted by Crippen LogP contribution is 2.25. The molecule has 0 aliphatic rings. The Balaban J connectivity index is 3.06. The molecule has 1 aromatic heterocycles. The molecule has 0 saturated heterocycles. The average Bonchev–Trinajstić information content (AvgIpc) is 2.25. The van der Waals surface area contributed by atoms with Crippen molar-refractivity contribution < 1.29 is 9.66 Å². The summed E-state index contributed by atoms with van der Waals surface area (Å²) in [6.45, 7) is -0.0954. The van der Waals surface area contributed by atoms with Crippen LogP contribution in [0.4, 0.5) is 11.5 Å². The van der Waals surface area contributed by atoms with Gasteiger partial charge in [-0.25, -0.2) is 5.84 Å². The van der Waals surface area contributed by atoms with Gasteiger partial charge >= 0.3 is 5.69 Å². The molecule has 0 fully saturated rings. The summed E-state index contributed by atoms with van der Waals surface area (Å²) in [5.74, 6) is 7.38. The van der Waals surface area contributed by atoms with Crippen molar-refractivity contribution >= 4 is 11.5 Å². The SMILES string of the molecule is C#CCOc1nc(NN)ccc1[N+](=O)[O-]. The fraction of sp³-hybridized carbons (Fsp3) is 0.125. The van der Waals surface area contributed by atoms with Gasteiger partial charge in [-0.1, -0.05) is 5.92 Å². The Morgan fingerprint density at radius 3 is 3.00 bits per heavy atom. The number of nitro groups is 1. The Bertz CT molecular complexity index is 413. The summed E-state index contributed by atoms with van der Waals surface area (Å²) < 4.78 is 4.91. The van der Waals surface area contributed by atoms with Crippen LogP contribution in [-0.4, -0.2) is 16.5 Å². The molecule has 1 rings (SSSR count). The number of pyridine rings is 1. The lowest BCUT2D eigenvalue weighted by atomic mass is 10.4. The van der Waals surface area contributed by atoms with E-state index in [1.54, 1.807) is 0 Å². The predicted octanol–water partition coefficient (Wildman–Crippen LogP) is 0.287. The third kappa shape index (κ3) is 2.55. The van der Waals surface area contributed by atoms with E-state index in [1.807, 2.05) is 0 Å². The van der Waals surface area contributed by atoms with Crippen molar-refractivity contribution in [2.45, 2.75) is 0 Å². The summed E-state index contributed by atoms with van der Waals surface area (Å²) >= 11 is 0. The zero-order valence-electron chi connectivity index (χ0n) is 7.64. The largest absolute Gasteiger partial charge is 0.460 e. The van der Waals surface area contributed by atoms with E-state index in [9.17, 15) is 10.1 Å².